The summed E-state index contributed by atoms with van der Waals surface area (Å²) in [6, 6.07) is 0. The number of hydrogen-bond acceptors (Lipinski definition) is 2. The van der Waals surface area contributed by atoms with Gasteiger partial charge in [-0.25, -0.2) is 0 Å². The van der Waals surface area contributed by atoms with Gasteiger partial charge in [0.05, 0.1) is 5.60 Å². The Hall–Kier alpha value is -0.0800. The molecule has 0 amide bonds. The zero-order chi connectivity index (χ0) is 9.95. The Labute approximate surface area is 82.0 Å². The fourth-order valence-corrected chi connectivity index (χ4v) is 1.79. The van der Waals surface area contributed by atoms with Crippen LogP contribution in [0.1, 0.15) is 46.5 Å². The van der Waals surface area contributed by atoms with E-state index >= 15 is 0 Å². The van der Waals surface area contributed by atoms with Crippen molar-refractivity contribution in [2.45, 2.75) is 57.6 Å². The first-order valence-electron chi connectivity index (χ1n) is 5.28. The topological polar surface area (TPSA) is 21.3 Å². The largest absolute Gasteiger partial charge is 0.378 e. The molecule has 0 unspecified atom stereocenters. The predicted molar refractivity (Wildman–Crippen MR) is 56.0 cm³/mol. The lowest BCUT2D eigenvalue weighted by Crippen LogP contribution is -2.44. The van der Waals surface area contributed by atoms with Crippen LogP contribution in [0.2, 0.25) is 0 Å². The lowest BCUT2D eigenvalue weighted by Gasteiger charge is -2.41. The molecule has 1 rings (SSSR count). The summed E-state index contributed by atoms with van der Waals surface area (Å²) >= 11 is 0. The quantitative estimate of drug-likeness (QED) is 0.726. The summed E-state index contributed by atoms with van der Waals surface area (Å²) in [7, 11) is 1.84. The maximum absolute atomic E-state index is 5.55. The first-order chi connectivity index (χ1) is 5.97. The number of ether oxygens (including phenoxy) is 1. The molecule has 0 heterocycles. The lowest BCUT2D eigenvalue weighted by molar-refractivity contribution is -0.0774. The van der Waals surface area contributed by atoms with Gasteiger partial charge < -0.3 is 10.1 Å². The molecule has 2 nitrogen and oxygen atoms in total. The summed E-state index contributed by atoms with van der Waals surface area (Å²) in [6.45, 7) is 7.67. The highest BCUT2D eigenvalue weighted by Gasteiger charge is 2.36. The van der Waals surface area contributed by atoms with Gasteiger partial charge in [-0.1, -0.05) is 0 Å². The minimum Gasteiger partial charge on any atom is -0.378 e. The highest BCUT2D eigenvalue weighted by atomic mass is 16.5. The van der Waals surface area contributed by atoms with E-state index in [1.807, 2.05) is 7.11 Å². The number of methoxy groups -OCH3 is 1. The Kier molecular flexibility index (Phi) is 3.36. The number of rotatable bonds is 4. The highest BCUT2D eigenvalue weighted by Crippen LogP contribution is 2.37. The Bertz CT molecular complexity index is 150. The van der Waals surface area contributed by atoms with Crippen LogP contribution in [0.3, 0.4) is 0 Å². The molecule has 0 spiro atoms. The number of nitrogens with one attached hydrogen (secondary N) is 1. The molecule has 1 aliphatic rings. The maximum atomic E-state index is 5.55. The van der Waals surface area contributed by atoms with Gasteiger partial charge in [0.25, 0.3) is 0 Å². The molecule has 78 valence electrons. The monoisotopic (exact) mass is 185 g/mol. The second-order valence-electron chi connectivity index (χ2n) is 5.17. The minimum absolute atomic E-state index is 0.220. The van der Waals surface area contributed by atoms with E-state index in [0.29, 0.717) is 0 Å². The third kappa shape index (κ3) is 3.28. The van der Waals surface area contributed by atoms with E-state index < -0.39 is 0 Å². The third-order valence-electron chi connectivity index (χ3n) is 2.93. The SMILES string of the molecule is COC1(CCNC(C)(C)C)CCC1. The summed E-state index contributed by atoms with van der Waals surface area (Å²) in [5.41, 5.74) is 0.455. The van der Waals surface area contributed by atoms with Crippen LogP contribution in [0.5, 0.6) is 0 Å². The van der Waals surface area contributed by atoms with E-state index in [1.54, 1.807) is 0 Å². The molecule has 13 heavy (non-hydrogen) atoms. The van der Waals surface area contributed by atoms with Crippen molar-refractivity contribution in [1.82, 2.24) is 5.32 Å². The zero-order valence-electron chi connectivity index (χ0n) is 9.44. The fraction of sp³-hybridized carbons (Fsp3) is 1.00. The van der Waals surface area contributed by atoms with Crippen LogP contribution in [0.15, 0.2) is 0 Å². The molecule has 0 aromatic heterocycles. The molecule has 0 aromatic rings. The average Bonchev–Trinajstić information content (AvgIpc) is 1.92. The van der Waals surface area contributed by atoms with Gasteiger partial charge in [-0.3, -0.25) is 0 Å². The normalized spacial score (nSPS) is 21.2. The van der Waals surface area contributed by atoms with Gasteiger partial charge in [-0.15, -0.1) is 0 Å². The summed E-state index contributed by atoms with van der Waals surface area (Å²) < 4.78 is 5.55. The van der Waals surface area contributed by atoms with Gasteiger partial charge in [-0.2, -0.15) is 0 Å². The van der Waals surface area contributed by atoms with Gasteiger partial charge in [0.15, 0.2) is 0 Å². The first-order valence-corrected chi connectivity index (χ1v) is 5.28. The smallest absolute Gasteiger partial charge is 0.0690 e. The van der Waals surface area contributed by atoms with Crippen molar-refractivity contribution < 1.29 is 4.74 Å². The summed E-state index contributed by atoms with van der Waals surface area (Å²) in [5.74, 6) is 0. The molecule has 2 heteroatoms. The molecule has 0 radical (unpaired) electrons. The average molecular weight is 185 g/mol. The molecule has 1 aliphatic carbocycles. The standard InChI is InChI=1S/C11H23NO/c1-10(2,3)12-9-8-11(13-4)6-5-7-11/h12H,5-9H2,1-4H3. The van der Waals surface area contributed by atoms with Crippen molar-refractivity contribution in [2.75, 3.05) is 13.7 Å². The van der Waals surface area contributed by atoms with Crippen molar-refractivity contribution >= 4 is 0 Å². The predicted octanol–water partition coefficient (Wildman–Crippen LogP) is 2.33. The zero-order valence-corrected chi connectivity index (χ0v) is 9.44. The summed E-state index contributed by atoms with van der Waals surface area (Å²) in [4.78, 5) is 0. The highest BCUT2D eigenvalue weighted by molar-refractivity contribution is 4.90. The van der Waals surface area contributed by atoms with Crippen molar-refractivity contribution in [2.24, 2.45) is 0 Å². The van der Waals surface area contributed by atoms with Crippen LogP contribution < -0.4 is 5.32 Å². The molecule has 0 atom stereocenters. The molecule has 1 saturated carbocycles. The second-order valence-corrected chi connectivity index (χ2v) is 5.17. The molecule has 0 aromatic carbocycles. The molecular formula is C11H23NO. The van der Waals surface area contributed by atoms with Crippen LogP contribution in [-0.2, 0) is 4.74 Å². The molecule has 1 N–H and O–H groups in total. The van der Waals surface area contributed by atoms with Crippen LogP contribution in [-0.4, -0.2) is 24.8 Å². The van der Waals surface area contributed by atoms with Gasteiger partial charge in [0.2, 0.25) is 0 Å². The first kappa shape index (κ1) is 11.0. The molecular weight excluding hydrogens is 162 g/mol. The third-order valence-corrected chi connectivity index (χ3v) is 2.93. The molecule has 0 bridgehead atoms. The fourth-order valence-electron chi connectivity index (χ4n) is 1.79. The van der Waals surface area contributed by atoms with E-state index in [9.17, 15) is 0 Å². The van der Waals surface area contributed by atoms with Crippen molar-refractivity contribution in [1.29, 1.82) is 0 Å². The molecule has 1 fully saturated rings. The Morgan fingerprint density at radius 1 is 1.31 bits per heavy atom. The van der Waals surface area contributed by atoms with Crippen molar-refractivity contribution in [3.8, 4) is 0 Å². The van der Waals surface area contributed by atoms with E-state index in [0.717, 1.165) is 13.0 Å². The Balaban J connectivity index is 2.18. The van der Waals surface area contributed by atoms with Gasteiger partial charge >= 0.3 is 0 Å². The minimum atomic E-state index is 0.220. The van der Waals surface area contributed by atoms with E-state index in [-0.39, 0.29) is 11.1 Å². The van der Waals surface area contributed by atoms with Crippen LogP contribution in [0, 0.1) is 0 Å². The van der Waals surface area contributed by atoms with E-state index in [1.165, 1.54) is 19.3 Å². The summed E-state index contributed by atoms with van der Waals surface area (Å²) in [5, 5.41) is 3.50. The van der Waals surface area contributed by atoms with Crippen molar-refractivity contribution in [3.05, 3.63) is 0 Å². The van der Waals surface area contributed by atoms with Gasteiger partial charge in [-0.05, 0) is 53.0 Å². The second kappa shape index (κ2) is 3.97. The van der Waals surface area contributed by atoms with E-state index in [2.05, 4.69) is 26.1 Å². The summed E-state index contributed by atoms with van der Waals surface area (Å²) in [6.07, 6.45) is 4.98. The van der Waals surface area contributed by atoms with Crippen LogP contribution >= 0.6 is 0 Å². The molecule has 0 aliphatic heterocycles. The molecule has 0 saturated heterocycles. The number of hydrogen-bond donors (Lipinski definition) is 1. The maximum Gasteiger partial charge on any atom is 0.0690 e. The lowest BCUT2D eigenvalue weighted by atomic mass is 9.77. The van der Waals surface area contributed by atoms with Crippen LogP contribution in [0.25, 0.3) is 0 Å². The van der Waals surface area contributed by atoms with E-state index in [4.69, 9.17) is 4.74 Å². The van der Waals surface area contributed by atoms with Crippen LogP contribution in [0.4, 0.5) is 0 Å². The van der Waals surface area contributed by atoms with Gasteiger partial charge in [0.1, 0.15) is 0 Å². The van der Waals surface area contributed by atoms with Gasteiger partial charge in [0, 0.05) is 12.6 Å². The Morgan fingerprint density at radius 2 is 1.92 bits per heavy atom. The Morgan fingerprint density at radius 3 is 2.23 bits per heavy atom. The van der Waals surface area contributed by atoms with Crippen molar-refractivity contribution in [3.63, 3.8) is 0 Å².